The summed E-state index contributed by atoms with van der Waals surface area (Å²) in [5, 5.41) is 9.61. The fraction of sp³-hybridized carbons (Fsp3) is 0.538. The molecule has 1 aromatic carbocycles. The molecule has 1 aliphatic rings. The van der Waals surface area contributed by atoms with Gasteiger partial charge < -0.3 is 5.11 Å². The van der Waals surface area contributed by atoms with Crippen molar-refractivity contribution in [1.29, 1.82) is 0 Å². The summed E-state index contributed by atoms with van der Waals surface area (Å²) in [6.07, 6.45) is 1.35. The lowest BCUT2D eigenvalue weighted by Crippen LogP contribution is -2.42. The van der Waals surface area contributed by atoms with Gasteiger partial charge in [0.15, 0.2) is 0 Å². The largest absolute Gasteiger partial charge is 0.396 e. The van der Waals surface area contributed by atoms with E-state index in [1.54, 1.807) is 12.1 Å². The number of nitrogens with zero attached hydrogens (tertiary/aromatic N) is 1. The molecule has 0 saturated carbocycles. The van der Waals surface area contributed by atoms with Gasteiger partial charge in [-0.05, 0) is 59.3 Å². The summed E-state index contributed by atoms with van der Waals surface area (Å²) in [6.45, 7) is 2.79. The van der Waals surface area contributed by atoms with E-state index in [4.69, 9.17) is 16.7 Å². The van der Waals surface area contributed by atoms with Gasteiger partial charge in [-0.3, -0.25) is 4.72 Å². The van der Waals surface area contributed by atoms with Gasteiger partial charge >= 0.3 is 10.2 Å². The second kappa shape index (κ2) is 6.83. The first kappa shape index (κ1) is 17.0. The Morgan fingerprint density at radius 2 is 2.05 bits per heavy atom. The Kier molecular flexibility index (Phi) is 5.54. The summed E-state index contributed by atoms with van der Waals surface area (Å²) in [6, 6.07) is 3.37. The van der Waals surface area contributed by atoms with Crippen molar-refractivity contribution in [3.8, 4) is 0 Å². The molecule has 0 radical (unpaired) electrons. The number of piperidine rings is 1. The molecule has 0 amide bonds. The van der Waals surface area contributed by atoms with Crippen LogP contribution in [-0.4, -0.2) is 37.5 Å². The molecule has 0 aromatic heterocycles. The number of aliphatic hydroxyl groups is 1. The van der Waals surface area contributed by atoms with Gasteiger partial charge in [0.2, 0.25) is 0 Å². The lowest BCUT2D eigenvalue weighted by atomic mass is 10.00. The SMILES string of the molecule is Cc1cc(Br)c(NS(=O)(=O)N2CCC(CO)CC2)cc1Cl. The molecule has 0 spiro atoms. The van der Waals surface area contributed by atoms with Crippen molar-refractivity contribution < 1.29 is 13.5 Å². The van der Waals surface area contributed by atoms with Crippen LogP contribution in [0.25, 0.3) is 0 Å². The minimum Gasteiger partial charge on any atom is -0.396 e. The zero-order valence-corrected chi connectivity index (χ0v) is 14.8. The molecule has 2 rings (SSSR count). The molecular weight excluding hydrogens is 380 g/mol. The molecule has 8 heteroatoms. The van der Waals surface area contributed by atoms with Crippen molar-refractivity contribution in [3.63, 3.8) is 0 Å². The van der Waals surface area contributed by atoms with Crippen LogP contribution in [0.5, 0.6) is 0 Å². The number of hydrogen-bond donors (Lipinski definition) is 2. The predicted octanol–water partition coefficient (Wildman–Crippen LogP) is 2.77. The summed E-state index contributed by atoms with van der Waals surface area (Å²) >= 11 is 9.38. The number of nitrogens with one attached hydrogen (secondary N) is 1. The first-order valence-electron chi connectivity index (χ1n) is 6.68. The average Bonchev–Trinajstić information content (AvgIpc) is 2.44. The van der Waals surface area contributed by atoms with Crippen molar-refractivity contribution in [3.05, 3.63) is 27.2 Å². The van der Waals surface area contributed by atoms with Gasteiger partial charge in [0.25, 0.3) is 0 Å². The Balaban J connectivity index is 2.13. The highest BCUT2D eigenvalue weighted by molar-refractivity contribution is 9.10. The maximum atomic E-state index is 12.4. The van der Waals surface area contributed by atoms with Gasteiger partial charge in [0, 0.05) is 29.2 Å². The summed E-state index contributed by atoms with van der Waals surface area (Å²) in [4.78, 5) is 0. The van der Waals surface area contributed by atoms with E-state index in [1.165, 1.54) is 4.31 Å². The zero-order valence-electron chi connectivity index (χ0n) is 11.6. The summed E-state index contributed by atoms with van der Waals surface area (Å²) in [5.74, 6) is 0.192. The normalized spacial score (nSPS) is 17.9. The smallest absolute Gasteiger partial charge is 0.301 e. The number of benzene rings is 1. The Labute approximate surface area is 138 Å². The van der Waals surface area contributed by atoms with Gasteiger partial charge in [-0.25, -0.2) is 0 Å². The lowest BCUT2D eigenvalue weighted by molar-refractivity contribution is 0.170. The second-order valence-corrected chi connectivity index (χ2v) is 8.15. The van der Waals surface area contributed by atoms with Crippen LogP contribution in [0.2, 0.25) is 5.02 Å². The highest BCUT2D eigenvalue weighted by Crippen LogP contribution is 2.30. The topological polar surface area (TPSA) is 69.6 Å². The third-order valence-electron chi connectivity index (χ3n) is 3.66. The van der Waals surface area contributed by atoms with E-state index in [2.05, 4.69) is 20.7 Å². The van der Waals surface area contributed by atoms with Gasteiger partial charge in [-0.2, -0.15) is 12.7 Å². The zero-order chi connectivity index (χ0) is 15.6. The number of hydrogen-bond acceptors (Lipinski definition) is 3. The molecular formula is C13H18BrClN2O3S. The highest BCUT2D eigenvalue weighted by Gasteiger charge is 2.28. The Morgan fingerprint density at radius 3 is 2.62 bits per heavy atom. The second-order valence-electron chi connectivity index (χ2n) is 5.21. The molecule has 1 aliphatic heterocycles. The van der Waals surface area contributed by atoms with Crippen molar-refractivity contribution >= 4 is 43.4 Å². The molecule has 21 heavy (non-hydrogen) atoms. The minimum atomic E-state index is -3.61. The number of anilines is 1. The lowest BCUT2D eigenvalue weighted by Gasteiger charge is -2.30. The third kappa shape index (κ3) is 4.10. The van der Waals surface area contributed by atoms with E-state index in [0.717, 1.165) is 5.56 Å². The van der Waals surface area contributed by atoms with E-state index in [0.29, 0.717) is 41.1 Å². The molecule has 1 aromatic rings. The van der Waals surface area contributed by atoms with Crippen LogP contribution in [0.4, 0.5) is 5.69 Å². The Morgan fingerprint density at radius 1 is 1.43 bits per heavy atom. The quantitative estimate of drug-likeness (QED) is 0.821. The third-order valence-corrected chi connectivity index (χ3v) is 6.24. The van der Waals surface area contributed by atoms with E-state index >= 15 is 0 Å². The predicted molar refractivity (Wildman–Crippen MR) is 87.8 cm³/mol. The molecule has 0 aliphatic carbocycles. The molecule has 1 fully saturated rings. The van der Waals surface area contributed by atoms with Crippen LogP contribution < -0.4 is 4.72 Å². The summed E-state index contributed by atoms with van der Waals surface area (Å²) < 4.78 is 29.4. The Hall–Kier alpha value is -0.340. The fourth-order valence-electron chi connectivity index (χ4n) is 2.26. The monoisotopic (exact) mass is 396 g/mol. The van der Waals surface area contributed by atoms with Crippen LogP contribution in [0, 0.1) is 12.8 Å². The molecule has 0 bridgehead atoms. The first-order valence-corrected chi connectivity index (χ1v) is 9.29. The number of aliphatic hydroxyl groups excluding tert-OH is 1. The molecule has 1 heterocycles. The maximum absolute atomic E-state index is 12.4. The number of halogens is 2. The fourth-order valence-corrected chi connectivity index (χ4v) is 4.38. The molecule has 0 unspecified atom stereocenters. The summed E-state index contributed by atoms with van der Waals surface area (Å²) in [7, 11) is -3.61. The highest BCUT2D eigenvalue weighted by atomic mass is 79.9. The minimum absolute atomic E-state index is 0.112. The van der Waals surface area contributed by atoms with E-state index < -0.39 is 10.2 Å². The van der Waals surface area contributed by atoms with Crippen molar-refractivity contribution in [2.75, 3.05) is 24.4 Å². The van der Waals surface area contributed by atoms with Crippen LogP contribution in [0.15, 0.2) is 16.6 Å². The summed E-state index contributed by atoms with van der Waals surface area (Å²) in [5.41, 5.74) is 1.30. The van der Waals surface area contributed by atoms with Gasteiger partial charge in [0.1, 0.15) is 0 Å². The van der Waals surface area contributed by atoms with E-state index in [9.17, 15) is 8.42 Å². The number of rotatable bonds is 4. The Bertz CT molecular complexity index is 616. The van der Waals surface area contributed by atoms with Crippen LogP contribution >= 0.6 is 27.5 Å². The van der Waals surface area contributed by atoms with Gasteiger partial charge in [-0.15, -0.1) is 0 Å². The maximum Gasteiger partial charge on any atom is 0.301 e. The molecule has 2 N–H and O–H groups in total. The molecule has 1 saturated heterocycles. The van der Waals surface area contributed by atoms with Crippen LogP contribution in [0.3, 0.4) is 0 Å². The molecule has 5 nitrogen and oxygen atoms in total. The van der Waals surface area contributed by atoms with Crippen molar-refractivity contribution in [2.24, 2.45) is 5.92 Å². The first-order chi connectivity index (χ1) is 9.83. The average molecular weight is 398 g/mol. The van der Waals surface area contributed by atoms with E-state index in [1.807, 2.05) is 6.92 Å². The van der Waals surface area contributed by atoms with Crippen molar-refractivity contribution in [1.82, 2.24) is 4.31 Å². The molecule has 0 atom stereocenters. The van der Waals surface area contributed by atoms with Crippen LogP contribution in [0.1, 0.15) is 18.4 Å². The molecule has 118 valence electrons. The van der Waals surface area contributed by atoms with Crippen LogP contribution in [-0.2, 0) is 10.2 Å². The van der Waals surface area contributed by atoms with E-state index in [-0.39, 0.29) is 12.5 Å². The van der Waals surface area contributed by atoms with Gasteiger partial charge in [-0.1, -0.05) is 11.6 Å². The standard InChI is InChI=1S/C13H18BrClN2O3S/c1-9-6-11(14)13(7-12(9)15)16-21(19,20)17-4-2-10(8-18)3-5-17/h6-7,10,16,18H,2-5,8H2,1H3. The van der Waals surface area contributed by atoms with Gasteiger partial charge in [0.05, 0.1) is 5.69 Å². The number of aryl methyl sites for hydroxylation is 1. The van der Waals surface area contributed by atoms with Crippen molar-refractivity contribution in [2.45, 2.75) is 19.8 Å².